The minimum Gasteiger partial charge on any atom is -0.466 e. The Morgan fingerprint density at radius 2 is 0.783 bits per heavy atom. The first-order valence-electron chi connectivity index (χ1n) is 26.9. The van der Waals surface area contributed by atoms with Crippen molar-refractivity contribution in [2.24, 2.45) is 0 Å². The topological polar surface area (TPSA) is 95.9 Å². The number of carbonyl (C=O) groups excluding carboxylic acids is 2. The third kappa shape index (κ3) is 46.1. The summed E-state index contributed by atoms with van der Waals surface area (Å²) in [5.41, 5.74) is 0. The number of amides is 1. The molecule has 356 valence electrons. The summed E-state index contributed by atoms with van der Waals surface area (Å²) < 4.78 is 5.45. The Hall–Kier alpha value is -1.40. The van der Waals surface area contributed by atoms with E-state index < -0.39 is 12.1 Å². The van der Waals surface area contributed by atoms with Crippen molar-refractivity contribution in [3.05, 3.63) is 12.2 Å². The first-order valence-corrected chi connectivity index (χ1v) is 26.9. The Bertz CT molecular complexity index is 893. The lowest BCUT2D eigenvalue weighted by atomic mass is 10.0. The monoisotopic (exact) mass is 848 g/mol. The highest BCUT2D eigenvalue weighted by atomic mass is 16.5. The van der Waals surface area contributed by atoms with Gasteiger partial charge in [0.2, 0.25) is 5.91 Å². The molecule has 0 aliphatic rings. The highest BCUT2D eigenvalue weighted by molar-refractivity contribution is 5.76. The molecule has 0 heterocycles. The molecule has 0 aromatic heterocycles. The maximum absolute atomic E-state index is 12.4. The van der Waals surface area contributed by atoms with Gasteiger partial charge in [0.1, 0.15) is 0 Å². The third-order valence-corrected chi connectivity index (χ3v) is 12.6. The summed E-state index contributed by atoms with van der Waals surface area (Å²) in [6.07, 6.45) is 57.6. The van der Waals surface area contributed by atoms with Gasteiger partial charge in [-0.3, -0.25) is 9.59 Å². The van der Waals surface area contributed by atoms with Crippen LogP contribution in [0.1, 0.15) is 296 Å². The number of esters is 1. The minimum absolute atomic E-state index is 0.000892. The largest absolute Gasteiger partial charge is 0.466 e. The number of aliphatic hydroxyl groups excluding tert-OH is 2. The Labute approximate surface area is 374 Å². The van der Waals surface area contributed by atoms with E-state index in [0.29, 0.717) is 25.9 Å². The second kappa shape index (κ2) is 50.2. The van der Waals surface area contributed by atoms with Crippen LogP contribution in [0.25, 0.3) is 0 Å². The van der Waals surface area contributed by atoms with E-state index in [4.69, 9.17) is 4.74 Å². The van der Waals surface area contributed by atoms with Gasteiger partial charge in [-0.05, 0) is 51.4 Å². The van der Waals surface area contributed by atoms with Crippen molar-refractivity contribution < 1.29 is 24.5 Å². The Kier molecular flexibility index (Phi) is 49.1. The van der Waals surface area contributed by atoms with Crippen molar-refractivity contribution in [2.75, 3.05) is 13.2 Å². The Balaban J connectivity index is 3.45. The van der Waals surface area contributed by atoms with Crippen LogP contribution in [0.15, 0.2) is 12.2 Å². The van der Waals surface area contributed by atoms with Gasteiger partial charge in [-0.25, -0.2) is 0 Å². The number of hydrogen-bond acceptors (Lipinski definition) is 5. The lowest BCUT2D eigenvalue weighted by Gasteiger charge is -2.22. The van der Waals surface area contributed by atoms with E-state index in [-0.39, 0.29) is 18.5 Å². The molecule has 0 saturated heterocycles. The molecule has 60 heavy (non-hydrogen) atoms. The van der Waals surface area contributed by atoms with E-state index in [1.54, 1.807) is 0 Å². The molecule has 0 saturated carbocycles. The average Bonchev–Trinajstić information content (AvgIpc) is 3.25. The number of rotatable bonds is 50. The predicted octanol–water partition coefficient (Wildman–Crippen LogP) is 16.1. The molecule has 2 atom stereocenters. The summed E-state index contributed by atoms with van der Waals surface area (Å²) in [6.45, 7) is 4.94. The summed E-state index contributed by atoms with van der Waals surface area (Å²) >= 11 is 0. The first kappa shape index (κ1) is 58.6. The van der Waals surface area contributed by atoms with Gasteiger partial charge in [0, 0.05) is 12.8 Å². The fraction of sp³-hybridized carbons (Fsp3) is 0.926. The molecule has 0 bridgehead atoms. The minimum atomic E-state index is -0.670. The van der Waals surface area contributed by atoms with Crippen molar-refractivity contribution in [1.82, 2.24) is 5.32 Å². The zero-order valence-corrected chi connectivity index (χ0v) is 40.5. The van der Waals surface area contributed by atoms with Crippen LogP contribution in [0.2, 0.25) is 0 Å². The Morgan fingerprint density at radius 1 is 0.450 bits per heavy atom. The van der Waals surface area contributed by atoms with Crippen LogP contribution in [-0.2, 0) is 14.3 Å². The maximum Gasteiger partial charge on any atom is 0.305 e. The molecule has 0 spiro atoms. The predicted molar refractivity (Wildman–Crippen MR) is 260 cm³/mol. The van der Waals surface area contributed by atoms with Crippen LogP contribution >= 0.6 is 0 Å². The van der Waals surface area contributed by atoms with Gasteiger partial charge in [0.15, 0.2) is 0 Å². The zero-order chi connectivity index (χ0) is 43.7. The highest BCUT2D eigenvalue weighted by Gasteiger charge is 2.20. The van der Waals surface area contributed by atoms with Gasteiger partial charge in [-0.1, -0.05) is 244 Å². The molecule has 0 radical (unpaired) electrons. The van der Waals surface area contributed by atoms with Gasteiger partial charge in [0.05, 0.1) is 25.4 Å². The number of aliphatic hydroxyl groups is 2. The third-order valence-electron chi connectivity index (χ3n) is 12.6. The van der Waals surface area contributed by atoms with Crippen LogP contribution in [0.4, 0.5) is 0 Å². The smallest absolute Gasteiger partial charge is 0.305 e. The fourth-order valence-electron chi connectivity index (χ4n) is 8.40. The second-order valence-corrected chi connectivity index (χ2v) is 18.6. The summed E-state index contributed by atoms with van der Waals surface area (Å²) in [4.78, 5) is 24.4. The number of hydrogen-bond donors (Lipinski definition) is 3. The molecule has 0 aliphatic heterocycles. The van der Waals surface area contributed by atoms with Crippen LogP contribution in [0, 0.1) is 0 Å². The number of unbranched alkanes of at least 4 members (excludes halogenated alkanes) is 37. The number of ether oxygens (including phenoxy) is 1. The molecule has 0 rings (SSSR count). The standard InChI is InChI=1S/C54H105NO5/c1-3-5-7-9-11-13-15-17-23-26-30-34-38-42-46-52(57)51(50-56)55-53(58)47-43-39-35-31-27-24-21-19-18-20-22-25-29-33-37-41-45-49-60-54(59)48-44-40-36-32-28-16-14-12-10-8-6-4-2/h18,20,51-52,56-57H,3-17,19,21-50H2,1-2H3,(H,55,58)/b20-18-. The summed E-state index contributed by atoms with van der Waals surface area (Å²) in [7, 11) is 0. The average molecular weight is 848 g/mol. The second-order valence-electron chi connectivity index (χ2n) is 18.6. The van der Waals surface area contributed by atoms with Gasteiger partial charge in [-0.2, -0.15) is 0 Å². The van der Waals surface area contributed by atoms with Crippen molar-refractivity contribution in [3.8, 4) is 0 Å². The molecular formula is C54H105NO5. The molecule has 0 aromatic carbocycles. The molecule has 0 fully saturated rings. The van der Waals surface area contributed by atoms with Crippen molar-refractivity contribution >= 4 is 11.9 Å². The zero-order valence-electron chi connectivity index (χ0n) is 40.5. The maximum atomic E-state index is 12.4. The van der Waals surface area contributed by atoms with E-state index in [1.807, 2.05) is 0 Å². The lowest BCUT2D eigenvalue weighted by molar-refractivity contribution is -0.143. The van der Waals surface area contributed by atoms with Gasteiger partial charge >= 0.3 is 5.97 Å². The van der Waals surface area contributed by atoms with Gasteiger partial charge in [-0.15, -0.1) is 0 Å². The van der Waals surface area contributed by atoms with Crippen LogP contribution in [0.5, 0.6) is 0 Å². The van der Waals surface area contributed by atoms with Gasteiger partial charge in [0.25, 0.3) is 0 Å². The van der Waals surface area contributed by atoms with E-state index >= 15 is 0 Å². The number of carbonyl (C=O) groups is 2. The van der Waals surface area contributed by atoms with Crippen LogP contribution in [0.3, 0.4) is 0 Å². The lowest BCUT2D eigenvalue weighted by Crippen LogP contribution is -2.45. The van der Waals surface area contributed by atoms with Gasteiger partial charge < -0.3 is 20.3 Å². The molecule has 0 aromatic rings. The van der Waals surface area contributed by atoms with Crippen molar-refractivity contribution in [3.63, 3.8) is 0 Å². The number of allylic oxidation sites excluding steroid dienone is 2. The van der Waals surface area contributed by atoms with Crippen LogP contribution in [-0.4, -0.2) is 47.4 Å². The first-order chi connectivity index (χ1) is 29.5. The summed E-state index contributed by atoms with van der Waals surface area (Å²) in [5.74, 6) is -0.0468. The molecule has 6 heteroatoms. The molecule has 6 nitrogen and oxygen atoms in total. The number of nitrogens with one attached hydrogen (secondary N) is 1. The Morgan fingerprint density at radius 3 is 1.18 bits per heavy atom. The molecule has 0 aliphatic carbocycles. The molecular weight excluding hydrogens is 743 g/mol. The summed E-state index contributed by atoms with van der Waals surface area (Å²) in [5, 5.41) is 23.2. The van der Waals surface area contributed by atoms with E-state index in [2.05, 4.69) is 31.3 Å². The highest BCUT2D eigenvalue weighted by Crippen LogP contribution is 2.17. The summed E-state index contributed by atoms with van der Waals surface area (Å²) in [6, 6.07) is -0.549. The molecule has 3 N–H and O–H groups in total. The SMILES string of the molecule is CCCCCCCCCCCCCCCCC(O)C(CO)NC(=O)CCCCCCCCC/C=C\CCCCCCCCOC(=O)CCCCCCCCCCCCCC. The van der Waals surface area contributed by atoms with Crippen LogP contribution < -0.4 is 5.32 Å². The van der Waals surface area contributed by atoms with E-state index in [1.165, 1.54) is 212 Å². The quantitative estimate of drug-likeness (QED) is 0.0322. The fourth-order valence-corrected chi connectivity index (χ4v) is 8.40. The molecule has 1 amide bonds. The van der Waals surface area contributed by atoms with Crippen molar-refractivity contribution in [1.29, 1.82) is 0 Å². The van der Waals surface area contributed by atoms with E-state index in [0.717, 1.165) is 51.4 Å². The normalized spacial score (nSPS) is 12.7. The van der Waals surface area contributed by atoms with E-state index in [9.17, 15) is 19.8 Å². The molecule has 2 unspecified atom stereocenters. The van der Waals surface area contributed by atoms with Crippen molar-refractivity contribution in [2.45, 2.75) is 309 Å².